The Balaban J connectivity index is 2.20. The van der Waals surface area contributed by atoms with Crippen LogP contribution < -0.4 is 0 Å². The van der Waals surface area contributed by atoms with Gasteiger partial charge in [-0.15, -0.1) is 11.6 Å². The van der Waals surface area contributed by atoms with Crippen LogP contribution in [0.1, 0.15) is 37.6 Å². The molecule has 1 atom stereocenters. The van der Waals surface area contributed by atoms with Crippen molar-refractivity contribution in [2.75, 3.05) is 19.7 Å². The molecule has 8 heteroatoms. The van der Waals surface area contributed by atoms with Crippen LogP contribution in [0.25, 0.3) is 0 Å². The molecule has 2 rings (SSSR count). The molecule has 1 saturated heterocycles. The number of aromatic nitrogens is 2. The van der Waals surface area contributed by atoms with E-state index in [1.54, 1.807) is 6.92 Å². The average Bonchev–Trinajstić information content (AvgIpc) is 2.87. The predicted octanol–water partition coefficient (Wildman–Crippen LogP) is 2.04. The van der Waals surface area contributed by atoms with Gasteiger partial charge in [0.2, 0.25) is 10.0 Å². The van der Waals surface area contributed by atoms with Crippen molar-refractivity contribution in [2.45, 2.75) is 50.0 Å². The second kappa shape index (κ2) is 7.09. The molecule has 1 aliphatic heterocycles. The maximum atomic E-state index is 12.8. The van der Waals surface area contributed by atoms with E-state index in [1.807, 2.05) is 6.92 Å². The number of ether oxygens (including phenoxy) is 1. The number of piperidine rings is 1. The van der Waals surface area contributed by atoms with Crippen LogP contribution in [0.3, 0.4) is 0 Å². The number of nitrogens with one attached hydrogen (secondary N) is 1. The van der Waals surface area contributed by atoms with Crippen molar-refractivity contribution in [2.24, 2.45) is 0 Å². The number of hydrogen-bond acceptors (Lipinski definition) is 4. The largest absolute Gasteiger partial charge is 0.377 e. The van der Waals surface area contributed by atoms with Crippen molar-refractivity contribution in [1.82, 2.24) is 14.5 Å². The highest BCUT2D eigenvalue weighted by Gasteiger charge is 2.34. The molecule has 0 aliphatic carbocycles. The van der Waals surface area contributed by atoms with Gasteiger partial charge in [-0.1, -0.05) is 6.92 Å². The monoisotopic (exact) mass is 335 g/mol. The molecule has 1 aliphatic rings. The molecule has 1 N–H and O–H groups in total. The van der Waals surface area contributed by atoms with Crippen molar-refractivity contribution in [3.8, 4) is 0 Å². The second-order valence-corrected chi connectivity index (χ2v) is 7.40. The molecule has 0 saturated carbocycles. The first-order valence-corrected chi connectivity index (χ1v) is 9.19. The standard InChI is InChI=1S/C13H22ClN3O3S/c1-3-7-20-11-5-4-6-17(9-11)21(18,19)13-10(2)15-16-12(13)8-14/h11H,3-9H2,1-2H3,(H,15,16). The molecule has 21 heavy (non-hydrogen) atoms. The van der Waals surface area contributed by atoms with Gasteiger partial charge in [0.05, 0.1) is 23.4 Å². The highest BCUT2D eigenvalue weighted by molar-refractivity contribution is 7.89. The molecule has 1 aromatic heterocycles. The Labute approximate surface area is 130 Å². The van der Waals surface area contributed by atoms with Crippen LogP contribution >= 0.6 is 11.6 Å². The van der Waals surface area contributed by atoms with Gasteiger partial charge in [-0.05, 0) is 26.2 Å². The number of aryl methyl sites for hydroxylation is 1. The third-order valence-electron chi connectivity index (χ3n) is 3.58. The molecule has 0 spiro atoms. The quantitative estimate of drug-likeness (QED) is 0.807. The van der Waals surface area contributed by atoms with Crippen LogP contribution in [0, 0.1) is 6.92 Å². The number of halogens is 1. The van der Waals surface area contributed by atoms with Gasteiger partial charge in [0.25, 0.3) is 0 Å². The van der Waals surface area contributed by atoms with Crippen molar-refractivity contribution >= 4 is 21.6 Å². The highest BCUT2D eigenvalue weighted by Crippen LogP contribution is 2.26. The molecule has 120 valence electrons. The number of aromatic amines is 1. The minimum atomic E-state index is -3.57. The fraction of sp³-hybridized carbons (Fsp3) is 0.769. The van der Waals surface area contributed by atoms with Crippen LogP contribution in [-0.2, 0) is 20.6 Å². The van der Waals surface area contributed by atoms with Gasteiger partial charge >= 0.3 is 0 Å². The maximum Gasteiger partial charge on any atom is 0.246 e. The summed E-state index contributed by atoms with van der Waals surface area (Å²) in [4.78, 5) is 0.216. The van der Waals surface area contributed by atoms with Crippen LogP contribution in [0.4, 0.5) is 0 Å². The van der Waals surface area contributed by atoms with Crippen molar-refractivity contribution in [1.29, 1.82) is 0 Å². The van der Waals surface area contributed by atoms with E-state index in [-0.39, 0.29) is 16.9 Å². The summed E-state index contributed by atoms with van der Waals surface area (Å²) in [6, 6.07) is 0. The summed E-state index contributed by atoms with van der Waals surface area (Å²) in [5.74, 6) is 0.0719. The lowest BCUT2D eigenvalue weighted by molar-refractivity contribution is 0.0193. The lowest BCUT2D eigenvalue weighted by Crippen LogP contribution is -2.43. The van der Waals surface area contributed by atoms with E-state index in [0.717, 1.165) is 19.3 Å². The van der Waals surface area contributed by atoms with Gasteiger partial charge in [0, 0.05) is 19.7 Å². The molecule has 1 fully saturated rings. The van der Waals surface area contributed by atoms with Crippen molar-refractivity contribution < 1.29 is 13.2 Å². The highest BCUT2D eigenvalue weighted by atomic mass is 35.5. The Bertz CT molecular complexity index is 573. The summed E-state index contributed by atoms with van der Waals surface area (Å²) in [6.07, 6.45) is 2.61. The number of H-pyrrole nitrogens is 1. The van der Waals surface area contributed by atoms with Gasteiger partial charge < -0.3 is 4.74 Å². The van der Waals surface area contributed by atoms with Gasteiger partial charge in [-0.2, -0.15) is 9.40 Å². The molecule has 6 nitrogen and oxygen atoms in total. The molecule has 2 heterocycles. The molecule has 0 aromatic carbocycles. The lowest BCUT2D eigenvalue weighted by Gasteiger charge is -2.31. The Kier molecular flexibility index (Phi) is 5.65. The zero-order valence-electron chi connectivity index (χ0n) is 12.4. The first kappa shape index (κ1) is 16.7. The van der Waals surface area contributed by atoms with Crippen LogP contribution in [-0.4, -0.2) is 48.7 Å². The van der Waals surface area contributed by atoms with Crippen molar-refractivity contribution in [3.63, 3.8) is 0 Å². The number of nitrogens with zero attached hydrogens (tertiary/aromatic N) is 2. The molecular formula is C13H22ClN3O3S. The number of rotatable bonds is 6. The molecule has 1 unspecified atom stereocenters. The third-order valence-corrected chi connectivity index (χ3v) is 5.91. The zero-order chi connectivity index (χ0) is 15.5. The lowest BCUT2D eigenvalue weighted by atomic mass is 10.1. The number of hydrogen-bond donors (Lipinski definition) is 1. The van der Waals surface area contributed by atoms with Crippen molar-refractivity contribution in [3.05, 3.63) is 11.4 Å². The number of sulfonamides is 1. The summed E-state index contributed by atoms with van der Waals surface area (Å²) >= 11 is 5.80. The minimum Gasteiger partial charge on any atom is -0.377 e. The van der Waals surface area contributed by atoms with Gasteiger partial charge in [-0.3, -0.25) is 5.10 Å². The second-order valence-electron chi connectivity index (χ2n) is 5.26. The number of alkyl halides is 1. The van der Waals surface area contributed by atoms with E-state index in [0.29, 0.717) is 31.1 Å². The summed E-state index contributed by atoms with van der Waals surface area (Å²) in [6.45, 7) is 5.31. The first-order chi connectivity index (χ1) is 10.0. The molecule has 0 bridgehead atoms. The van der Waals surface area contributed by atoms with Gasteiger partial charge in [-0.25, -0.2) is 8.42 Å². The van der Waals surface area contributed by atoms with Gasteiger partial charge in [0.15, 0.2) is 0 Å². The first-order valence-electron chi connectivity index (χ1n) is 7.22. The smallest absolute Gasteiger partial charge is 0.246 e. The fourth-order valence-corrected chi connectivity index (χ4v) is 4.69. The Hall–Kier alpha value is -0.630. The SMILES string of the molecule is CCCOC1CCCN(S(=O)(=O)c2c(CCl)n[nH]c2C)C1. The molecule has 1 aromatic rings. The van der Waals surface area contributed by atoms with E-state index in [1.165, 1.54) is 4.31 Å². The average molecular weight is 336 g/mol. The van der Waals surface area contributed by atoms with E-state index in [9.17, 15) is 8.42 Å². The molecular weight excluding hydrogens is 314 g/mol. The van der Waals surface area contributed by atoms with E-state index >= 15 is 0 Å². The Morgan fingerprint density at radius 2 is 2.29 bits per heavy atom. The summed E-state index contributed by atoms with van der Waals surface area (Å²) in [7, 11) is -3.57. The summed E-state index contributed by atoms with van der Waals surface area (Å²) in [5.41, 5.74) is 0.910. The third kappa shape index (κ3) is 3.59. The summed E-state index contributed by atoms with van der Waals surface area (Å²) in [5, 5.41) is 6.68. The van der Waals surface area contributed by atoms with Crippen LogP contribution in [0.5, 0.6) is 0 Å². The Morgan fingerprint density at radius 3 is 2.95 bits per heavy atom. The summed E-state index contributed by atoms with van der Waals surface area (Å²) < 4.78 is 32.8. The molecule has 0 amide bonds. The van der Waals surface area contributed by atoms with Gasteiger partial charge in [0.1, 0.15) is 4.90 Å². The van der Waals surface area contributed by atoms with E-state index < -0.39 is 10.0 Å². The predicted molar refractivity (Wildman–Crippen MR) is 80.9 cm³/mol. The van der Waals surface area contributed by atoms with Crippen LogP contribution in [0.15, 0.2) is 4.90 Å². The topological polar surface area (TPSA) is 75.3 Å². The zero-order valence-corrected chi connectivity index (χ0v) is 14.0. The Morgan fingerprint density at radius 1 is 1.52 bits per heavy atom. The normalized spacial score (nSPS) is 20.8. The minimum absolute atomic E-state index is 0.0277. The maximum absolute atomic E-state index is 12.8. The van der Waals surface area contributed by atoms with E-state index in [2.05, 4.69) is 10.2 Å². The van der Waals surface area contributed by atoms with Crippen LogP contribution in [0.2, 0.25) is 0 Å². The van der Waals surface area contributed by atoms with E-state index in [4.69, 9.17) is 16.3 Å². The molecule has 0 radical (unpaired) electrons. The fourth-order valence-electron chi connectivity index (χ4n) is 2.58.